The van der Waals surface area contributed by atoms with Crippen molar-refractivity contribution >= 4 is 17.7 Å². The monoisotopic (exact) mass is 265 g/mol. The minimum absolute atomic E-state index is 0.263. The van der Waals surface area contributed by atoms with Crippen molar-refractivity contribution in [1.29, 1.82) is 0 Å². The van der Waals surface area contributed by atoms with Crippen molar-refractivity contribution in [2.24, 2.45) is 5.73 Å². The lowest BCUT2D eigenvalue weighted by Gasteiger charge is -2.10. The Bertz CT molecular complexity index is 192. The van der Waals surface area contributed by atoms with E-state index < -0.39 is 6.04 Å². The van der Waals surface area contributed by atoms with E-state index in [1.54, 1.807) is 18.9 Å². The predicted octanol–water partition coefficient (Wildman–Crippen LogP) is 0.663. The van der Waals surface area contributed by atoms with Crippen molar-refractivity contribution in [3.05, 3.63) is 0 Å². The zero-order chi connectivity index (χ0) is 12.9. The summed E-state index contributed by atoms with van der Waals surface area (Å²) < 4.78 is 15.1. The quantitative estimate of drug-likeness (QED) is 0.437. The Labute approximate surface area is 107 Å². The molecule has 0 radical (unpaired) electrons. The summed E-state index contributed by atoms with van der Waals surface area (Å²) >= 11 is 1.66. The summed E-state index contributed by atoms with van der Waals surface area (Å²) in [4.78, 5) is 11.4. The zero-order valence-electron chi connectivity index (χ0n) is 10.6. The Morgan fingerprint density at radius 3 is 2.71 bits per heavy atom. The van der Waals surface area contributed by atoms with Gasteiger partial charge in [0.1, 0.15) is 12.6 Å². The maximum absolute atomic E-state index is 11.4. The normalized spacial score (nSPS) is 12.4. The van der Waals surface area contributed by atoms with Gasteiger partial charge in [-0.25, -0.2) is 0 Å². The minimum Gasteiger partial charge on any atom is -0.462 e. The first kappa shape index (κ1) is 16.7. The Kier molecular flexibility index (Phi) is 12.0. The van der Waals surface area contributed by atoms with Crippen molar-refractivity contribution in [2.45, 2.75) is 18.9 Å². The molecule has 1 unspecified atom stereocenters. The van der Waals surface area contributed by atoms with Crippen LogP contribution in [-0.4, -0.2) is 57.6 Å². The number of nitrogens with two attached hydrogens (primary N) is 1. The predicted molar refractivity (Wildman–Crippen MR) is 69.2 cm³/mol. The lowest BCUT2D eigenvalue weighted by atomic mass is 10.2. The molecule has 0 aliphatic carbocycles. The summed E-state index contributed by atoms with van der Waals surface area (Å²) in [5.41, 5.74) is 5.64. The maximum atomic E-state index is 11.4. The molecular weight excluding hydrogens is 242 g/mol. The summed E-state index contributed by atoms with van der Waals surface area (Å²) in [5, 5.41) is 0. The van der Waals surface area contributed by atoms with E-state index in [0.29, 0.717) is 26.2 Å². The Hall–Kier alpha value is -0.300. The Balaban J connectivity index is 3.32. The Morgan fingerprint density at radius 1 is 1.29 bits per heavy atom. The van der Waals surface area contributed by atoms with E-state index in [0.717, 1.165) is 12.2 Å². The average molecular weight is 265 g/mol. The molecule has 102 valence electrons. The van der Waals surface area contributed by atoms with Crippen LogP contribution in [-0.2, 0) is 19.0 Å². The van der Waals surface area contributed by atoms with E-state index in [2.05, 4.69) is 0 Å². The topological polar surface area (TPSA) is 70.8 Å². The largest absolute Gasteiger partial charge is 0.462 e. The molecule has 0 aliphatic heterocycles. The fourth-order valence-corrected chi connectivity index (χ4v) is 1.57. The number of esters is 1. The molecule has 17 heavy (non-hydrogen) atoms. The van der Waals surface area contributed by atoms with Crippen molar-refractivity contribution < 1.29 is 19.0 Å². The maximum Gasteiger partial charge on any atom is 0.323 e. The smallest absolute Gasteiger partial charge is 0.323 e. The molecule has 0 aromatic heterocycles. The molecule has 5 nitrogen and oxygen atoms in total. The van der Waals surface area contributed by atoms with Crippen molar-refractivity contribution in [2.75, 3.05) is 45.5 Å². The summed E-state index contributed by atoms with van der Waals surface area (Å²) in [7, 11) is 1.65. The highest BCUT2D eigenvalue weighted by atomic mass is 32.2. The highest BCUT2D eigenvalue weighted by molar-refractivity contribution is 7.98. The number of hydrogen-bond acceptors (Lipinski definition) is 6. The van der Waals surface area contributed by atoms with Gasteiger partial charge in [-0.15, -0.1) is 0 Å². The number of carbonyl (C=O) groups excluding carboxylic acids is 1. The van der Waals surface area contributed by atoms with Gasteiger partial charge in [-0.2, -0.15) is 11.8 Å². The number of hydrogen-bond donors (Lipinski definition) is 1. The number of thioether (sulfide) groups is 1. The van der Waals surface area contributed by atoms with Gasteiger partial charge in [0.2, 0.25) is 0 Å². The fraction of sp³-hybridized carbons (Fsp3) is 0.909. The molecule has 0 saturated heterocycles. The Morgan fingerprint density at radius 2 is 2.06 bits per heavy atom. The minimum atomic E-state index is -0.518. The van der Waals surface area contributed by atoms with Crippen LogP contribution in [0.4, 0.5) is 0 Å². The number of rotatable bonds is 11. The van der Waals surface area contributed by atoms with Crippen molar-refractivity contribution in [3.63, 3.8) is 0 Å². The third kappa shape index (κ3) is 10.6. The first-order chi connectivity index (χ1) is 8.22. The lowest BCUT2D eigenvalue weighted by molar-refractivity contribution is -0.146. The molecular formula is C11H23NO4S. The van der Waals surface area contributed by atoms with Gasteiger partial charge in [0, 0.05) is 20.3 Å². The van der Waals surface area contributed by atoms with Gasteiger partial charge < -0.3 is 19.9 Å². The van der Waals surface area contributed by atoms with Gasteiger partial charge >= 0.3 is 5.97 Å². The molecule has 1 atom stereocenters. The SMILES string of the molecule is COCCCOCCOC(=O)C(N)CCSC. The molecule has 0 spiro atoms. The second-order valence-electron chi connectivity index (χ2n) is 3.51. The van der Waals surface area contributed by atoms with Crippen LogP contribution in [0.5, 0.6) is 0 Å². The summed E-state index contributed by atoms with van der Waals surface area (Å²) in [5.74, 6) is 0.517. The molecule has 0 amide bonds. The van der Waals surface area contributed by atoms with E-state index in [1.807, 2.05) is 6.26 Å². The van der Waals surface area contributed by atoms with Crippen molar-refractivity contribution in [1.82, 2.24) is 0 Å². The van der Waals surface area contributed by atoms with E-state index in [-0.39, 0.29) is 12.6 Å². The second kappa shape index (κ2) is 12.2. The average Bonchev–Trinajstić information content (AvgIpc) is 2.34. The van der Waals surface area contributed by atoms with Gasteiger partial charge in [-0.3, -0.25) is 4.79 Å². The summed E-state index contributed by atoms with van der Waals surface area (Å²) in [6.45, 7) is 1.97. The first-order valence-corrected chi connectivity index (χ1v) is 7.09. The van der Waals surface area contributed by atoms with Crippen molar-refractivity contribution in [3.8, 4) is 0 Å². The third-order valence-corrected chi connectivity index (χ3v) is 2.69. The van der Waals surface area contributed by atoms with E-state index in [1.165, 1.54) is 0 Å². The molecule has 0 rings (SSSR count). The zero-order valence-corrected chi connectivity index (χ0v) is 11.5. The van der Waals surface area contributed by atoms with Crippen LogP contribution in [0, 0.1) is 0 Å². The van der Waals surface area contributed by atoms with Crippen LogP contribution in [0.25, 0.3) is 0 Å². The van der Waals surface area contributed by atoms with Gasteiger partial charge in [0.15, 0.2) is 0 Å². The van der Waals surface area contributed by atoms with Crippen LogP contribution in [0.15, 0.2) is 0 Å². The summed E-state index contributed by atoms with van der Waals surface area (Å²) in [6, 6.07) is -0.518. The molecule has 0 fully saturated rings. The van der Waals surface area contributed by atoms with Gasteiger partial charge in [0.25, 0.3) is 0 Å². The highest BCUT2D eigenvalue weighted by Gasteiger charge is 2.13. The fourth-order valence-electron chi connectivity index (χ4n) is 1.08. The molecule has 0 heterocycles. The second-order valence-corrected chi connectivity index (χ2v) is 4.50. The van der Waals surface area contributed by atoms with Crippen LogP contribution in [0.1, 0.15) is 12.8 Å². The van der Waals surface area contributed by atoms with Gasteiger partial charge in [0.05, 0.1) is 6.61 Å². The van der Waals surface area contributed by atoms with Gasteiger partial charge in [-0.1, -0.05) is 0 Å². The molecule has 6 heteroatoms. The molecule has 0 saturated carbocycles. The number of carbonyl (C=O) groups is 1. The molecule has 0 aromatic carbocycles. The van der Waals surface area contributed by atoms with Gasteiger partial charge in [-0.05, 0) is 24.9 Å². The van der Waals surface area contributed by atoms with E-state index in [4.69, 9.17) is 19.9 Å². The van der Waals surface area contributed by atoms with Crippen LogP contribution >= 0.6 is 11.8 Å². The third-order valence-electron chi connectivity index (χ3n) is 2.04. The number of ether oxygens (including phenoxy) is 3. The summed E-state index contributed by atoms with van der Waals surface area (Å²) in [6.07, 6.45) is 3.47. The van der Waals surface area contributed by atoms with E-state index >= 15 is 0 Å². The van der Waals surface area contributed by atoms with Crippen LogP contribution < -0.4 is 5.73 Å². The van der Waals surface area contributed by atoms with Crippen LogP contribution in [0.3, 0.4) is 0 Å². The standard InChI is InChI=1S/C11H23NO4S/c1-14-5-3-6-15-7-8-16-11(13)10(12)4-9-17-2/h10H,3-9,12H2,1-2H3. The lowest BCUT2D eigenvalue weighted by Crippen LogP contribution is -2.33. The molecule has 0 bridgehead atoms. The molecule has 0 aromatic rings. The first-order valence-electron chi connectivity index (χ1n) is 5.70. The number of methoxy groups -OCH3 is 1. The molecule has 0 aliphatic rings. The van der Waals surface area contributed by atoms with E-state index in [9.17, 15) is 4.79 Å². The highest BCUT2D eigenvalue weighted by Crippen LogP contribution is 2.00. The molecule has 2 N–H and O–H groups in total. The van der Waals surface area contributed by atoms with Crippen LogP contribution in [0.2, 0.25) is 0 Å².